The number of ether oxygens (including phenoxy) is 1. The molecular weight excluding hydrogens is 1780 g/mol. The first-order valence-corrected chi connectivity index (χ1v) is 41.4. The molecular formula is C103H99Cl6N21O2. The van der Waals surface area contributed by atoms with E-state index >= 15 is 0 Å². The van der Waals surface area contributed by atoms with E-state index in [9.17, 15) is 4.79 Å². The van der Waals surface area contributed by atoms with E-state index in [0.29, 0.717) is 104 Å². The summed E-state index contributed by atoms with van der Waals surface area (Å²) in [7, 11) is 10.8. The van der Waals surface area contributed by atoms with E-state index in [1.54, 1.807) is 42.7 Å². The maximum atomic E-state index is 11.9. The molecule has 0 fully saturated rings. The Bertz CT molecular complexity index is 7220. The first kappa shape index (κ1) is 101. The van der Waals surface area contributed by atoms with E-state index in [4.69, 9.17) is 79.6 Å². The molecule has 20 rings (SSSR count). The molecule has 0 aliphatic rings. The van der Waals surface area contributed by atoms with Crippen molar-refractivity contribution < 1.29 is 9.53 Å². The normalized spacial score (nSPS) is 10.4. The molecule has 0 bridgehead atoms. The van der Waals surface area contributed by atoms with Crippen LogP contribution in [0.25, 0.3) is 168 Å². The zero-order valence-electron chi connectivity index (χ0n) is 68.2. The van der Waals surface area contributed by atoms with Crippen LogP contribution in [0, 0.1) is 18.3 Å². The van der Waals surface area contributed by atoms with Gasteiger partial charge < -0.3 is 4.74 Å². The summed E-state index contributed by atoms with van der Waals surface area (Å²) in [5.41, 5.74) is 21.9. The van der Waals surface area contributed by atoms with Crippen molar-refractivity contribution in [3.8, 4) is 124 Å². The Hall–Kier alpha value is -14.4. The number of nitriles is 1. The van der Waals surface area contributed by atoms with Gasteiger partial charge in [0, 0.05) is 108 Å². The van der Waals surface area contributed by atoms with E-state index in [1.807, 2.05) is 279 Å². The molecule has 0 aliphatic carbocycles. The van der Waals surface area contributed by atoms with Crippen LogP contribution in [0.1, 0.15) is 86.8 Å². The number of aryl methyl sites for hydroxylation is 6. The van der Waals surface area contributed by atoms with Gasteiger partial charge in [0.15, 0.2) is 34.0 Å². The van der Waals surface area contributed by atoms with E-state index in [0.717, 1.165) is 117 Å². The number of carbonyl (C=O) groups excluding carboxylic acids is 1. The van der Waals surface area contributed by atoms with Crippen LogP contribution in [-0.2, 0) is 35.2 Å². The smallest absolute Gasteiger partial charge is 0.182 e. The Morgan fingerprint density at radius 3 is 0.735 bits per heavy atom. The van der Waals surface area contributed by atoms with Crippen molar-refractivity contribution >= 4 is 131 Å². The second kappa shape index (κ2) is 44.8. The van der Waals surface area contributed by atoms with Gasteiger partial charge in [0.05, 0.1) is 70.8 Å². The molecule has 670 valence electrons. The van der Waals surface area contributed by atoms with Crippen LogP contribution >= 0.6 is 69.6 Å². The molecule has 0 unspecified atom stereocenters. The van der Waals surface area contributed by atoms with Gasteiger partial charge in [-0.3, -0.25) is 4.79 Å². The van der Waals surface area contributed by atoms with Gasteiger partial charge in [-0.25, -0.2) is 23.4 Å². The monoisotopic (exact) mass is 1870 g/mol. The zero-order valence-corrected chi connectivity index (χ0v) is 72.7. The van der Waals surface area contributed by atoms with Gasteiger partial charge in [-0.2, -0.15) is 30.8 Å². The van der Waals surface area contributed by atoms with Crippen molar-refractivity contribution in [2.24, 2.45) is 35.2 Å². The minimum Gasteiger partial charge on any atom is -0.497 e. The number of Topliss-reactive ketones (excluding diaryl/α,β-unsaturated/α-hetero) is 1. The predicted molar refractivity (Wildman–Crippen MR) is 544 cm³/mol. The molecule has 20 aromatic rings. The summed E-state index contributed by atoms with van der Waals surface area (Å²) in [5.74, 6) is 0.905. The van der Waals surface area contributed by atoms with Crippen LogP contribution in [0.3, 0.4) is 0 Å². The molecule has 10 aromatic carbocycles. The van der Waals surface area contributed by atoms with E-state index in [-0.39, 0.29) is 57.8 Å². The molecule has 0 saturated heterocycles. The van der Waals surface area contributed by atoms with Gasteiger partial charge in [-0.05, 0) is 55.5 Å². The summed E-state index contributed by atoms with van der Waals surface area (Å²) in [6.45, 7) is 3.92. The third kappa shape index (κ3) is 20.8. The van der Waals surface area contributed by atoms with E-state index in [1.165, 1.54) is 5.56 Å². The highest BCUT2D eigenvalue weighted by molar-refractivity contribution is 6.41. The zero-order chi connectivity index (χ0) is 87.1. The Morgan fingerprint density at radius 1 is 0.295 bits per heavy atom. The molecule has 0 saturated carbocycles. The first-order chi connectivity index (χ1) is 60.8. The van der Waals surface area contributed by atoms with E-state index < -0.39 is 0 Å². The summed E-state index contributed by atoms with van der Waals surface area (Å²) in [6, 6.07) is 89.0. The number of methoxy groups -OCH3 is 1. The summed E-state index contributed by atoms with van der Waals surface area (Å²) in [6.07, 6.45) is 0.480. The average Bonchev–Trinajstić information content (AvgIpc) is 1.63. The molecule has 0 amide bonds. The predicted octanol–water partition coefficient (Wildman–Crippen LogP) is 27.6. The fourth-order valence-corrected chi connectivity index (χ4v) is 15.9. The number of hydrogen-bond acceptors (Lipinski definition) is 18. The number of fused-ring (bicyclic) bond motifs is 5. The van der Waals surface area contributed by atoms with Crippen molar-refractivity contribution in [3.63, 3.8) is 0 Å². The minimum absolute atomic E-state index is 0. The third-order valence-electron chi connectivity index (χ3n) is 20.6. The average molecular weight is 1880 g/mol. The lowest BCUT2D eigenvalue weighted by Crippen LogP contribution is -1.95. The Morgan fingerprint density at radius 2 is 0.508 bits per heavy atom. The quantitative estimate of drug-likeness (QED) is 0.0970. The van der Waals surface area contributed by atoms with Crippen LogP contribution < -0.4 is 4.74 Å². The number of halogens is 6. The fraction of sp³-hybridized carbons (Fsp3) is 0.155. The lowest BCUT2D eigenvalue weighted by Gasteiger charge is -2.05. The summed E-state index contributed by atoms with van der Waals surface area (Å²) in [5, 5.41) is 82.4. The van der Waals surface area contributed by atoms with Gasteiger partial charge in [0.25, 0.3) is 0 Å². The number of nitrogens with zero attached hydrogens (tertiary/aromatic N) is 21. The van der Waals surface area contributed by atoms with Crippen LogP contribution in [0.5, 0.6) is 5.75 Å². The highest BCUT2D eigenvalue weighted by Crippen LogP contribution is 2.44. The van der Waals surface area contributed by atoms with Crippen LogP contribution in [-0.4, -0.2) is 113 Å². The molecule has 0 N–H and O–H groups in total. The number of hydrogen-bond donors (Lipinski definition) is 0. The number of ketones is 1. The standard InChI is InChI=1S/C21H17ClN4O.C19H12ClN5.C19H15ClN4O.C19H15ClN4.C18H12Cl2N4.7CH4/c1-3-16(27)13-9-11-15(12-10-13)19-17-18(22)20(14-7-5-4-6-8-14)23-24-21(17)26(2)25-19;1-25-19-15(17(24-25)14-9-7-12(11-21)8-10-14)16(20)18(22-23-19)13-5-3-2-4-6-13;1-24-19-15(17(23-24)13-8-10-14(25-2)11-9-13)16(20)18(21-22-19)12-6-4-3-5-7-12;1-12-8-10-14(11-9-12)17-15-16(20)18(13-6-4-3-5-7-13)21-22-19(15)24(2)23-17;1-24-18-14(16(23-24)12-7-9-13(19)10-8-12)15(20)17(21-22-18)11-5-3-2-4-6-11;;;;;;;/h4-12H,3H2,1-2H3;2-10H,1H3;3-11H,1-2H3;3-11H,1-2H3;2-10H,1H3;7*1H4. The maximum Gasteiger partial charge on any atom is 0.182 e. The highest BCUT2D eigenvalue weighted by atomic mass is 35.5. The van der Waals surface area contributed by atoms with Gasteiger partial charge >= 0.3 is 0 Å². The topological polar surface area (TPSA) is 268 Å². The Labute approximate surface area is 798 Å². The molecule has 0 radical (unpaired) electrons. The summed E-state index contributed by atoms with van der Waals surface area (Å²) >= 11 is 39.6. The van der Waals surface area contributed by atoms with Crippen molar-refractivity contribution in [2.45, 2.75) is 72.3 Å². The molecule has 29 heteroatoms. The minimum atomic E-state index is 0. The van der Waals surface area contributed by atoms with Crippen molar-refractivity contribution in [3.05, 3.63) is 320 Å². The second-order valence-electron chi connectivity index (χ2n) is 28.6. The number of aromatic nitrogens is 20. The van der Waals surface area contributed by atoms with Crippen LogP contribution in [0.2, 0.25) is 30.1 Å². The lowest BCUT2D eigenvalue weighted by molar-refractivity contribution is 0.0988. The van der Waals surface area contributed by atoms with Crippen LogP contribution in [0.4, 0.5) is 0 Å². The first-order valence-electron chi connectivity index (χ1n) is 39.1. The number of carbonyl (C=O) groups is 1. The highest BCUT2D eigenvalue weighted by Gasteiger charge is 2.27. The Kier molecular flexibility index (Phi) is 34.4. The molecule has 0 atom stereocenters. The maximum absolute atomic E-state index is 11.9. The number of benzene rings is 10. The van der Waals surface area contributed by atoms with Crippen molar-refractivity contribution in [1.29, 1.82) is 5.26 Å². The van der Waals surface area contributed by atoms with Gasteiger partial charge in [0.2, 0.25) is 0 Å². The molecule has 10 heterocycles. The lowest BCUT2D eigenvalue weighted by atomic mass is 10.0. The molecule has 10 aromatic heterocycles. The van der Waals surface area contributed by atoms with Gasteiger partial charge in [0.1, 0.15) is 62.7 Å². The van der Waals surface area contributed by atoms with E-state index in [2.05, 4.69) is 114 Å². The van der Waals surface area contributed by atoms with Gasteiger partial charge in [-0.15, -0.1) is 51.0 Å². The largest absolute Gasteiger partial charge is 0.497 e. The number of rotatable bonds is 13. The summed E-state index contributed by atoms with van der Waals surface area (Å²) in [4.78, 5) is 11.9. The van der Waals surface area contributed by atoms with Crippen molar-refractivity contribution in [1.82, 2.24) is 99.9 Å². The molecule has 0 aliphatic heterocycles. The second-order valence-corrected chi connectivity index (χ2v) is 31.0. The summed E-state index contributed by atoms with van der Waals surface area (Å²) < 4.78 is 13.7. The molecule has 0 spiro atoms. The fourth-order valence-electron chi connectivity index (χ4n) is 14.2. The van der Waals surface area contributed by atoms with Crippen LogP contribution in [0.15, 0.2) is 273 Å². The van der Waals surface area contributed by atoms with Gasteiger partial charge in [-0.1, -0.05) is 359 Å². The molecule has 132 heavy (non-hydrogen) atoms. The SMILES string of the molecule is C.C.C.C.C.C.C.CCC(=O)c1ccc(-c2nn(C)c3nnc(-c4ccccc4)c(Cl)c23)cc1.COc1ccc(-c2nn(C)c3nnc(-c4ccccc4)c(Cl)c23)cc1.Cc1ccc(-c2nn(C)c3nnc(-c4ccccc4)c(Cl)c23)cc1.Cn1nc(-c2ccc(C#N)cc2)c2c(Cl)c(-c3ccccc3)nnc21.Cn1nc(-c2ccc(Cl)cc2)c2c(Cl)c(-c3ccccc3)nnc21. The van der Waals surface area contributed by atoms with Crippen molar-refractivity contribution in [2.75, 3.05) is 7.11 Å². The third-order valence-corrected chi connectivity index (χ3v) is 22.7. The Balaban J connectivity index is 0.000000183. The molecule has 23 nitrogen and oxygen atoms in total.